The third-order valence-electron chi connectivity index (χ3n) is 2.34. The van der Waals surface area contributed by atoms with Crippen LogP contribution >= 0.6 is 0 Å². The van der Waals surface area contributed by atoms with Gasteiger partial charge in [0.2, 0.25) is 6.41 Å². The molecule has 7 heteroatoms. The minimum atomic E-state index is -4.41. The van der Waals surface area contributed by atoms with E-state index in [2.05, 4.69) is 10.6 Å². The first-order valence-electron chi connectivity index (χ1n) is 5.57. The van der Waals surface area contributed by atoms with E-state index >= 15 is 0 Å². The van der Waals surface area contributed by atoms with Crippen LogP contribution < -0.4 is 10.6 Å². The third-order valence-corrected chi connectivity index (χ3v) is 2.34. The molecule has 0 fully saturated rings. The van der Waals surface area contributed by atoms with E-state index in [1.54, 1.807) is 0 Å². The Labute approximate surface area is 108 Å². The number of hydrogen-bond acceptors (Lipinski definition) is 2. The van der Waals surface area contributed by atoms with Gasteiger partial charge in [-0.05, 0) is 30.7 Å². The van der Waals surface area contributed by atoms with Gasteiger partial charge in [-0.25, -0.2) is 0 Å². The number of carbonyl (C=O) groups excluding carboxylic acids is 2. The van der Waals surface area contributed by atoms with Crippen LogP contribution in [0.25, 0.3) is 0 Å². The molecule has 0 unspecified atom stereocenters. The van der Waals surface area contributed by atoms with Gasteiger partial charge in [-0.1, -0.05) is 0 Å². The second kappa shape index (κ2) is 6.77. The van der Waals surface area contributed by atoms with Gasteiger partial charge in [0, 0.05) is 18.7 Å². The summed E-state index contributed by atoms with van der Waals surface area (Å²) in [6.45, 7) is 0.761. The highest BCUT2D eigenvalue weighted by molar-refractivity contribution is 5.94. The highest BCUT2D eigenvalue weighted by atomic mass is 19.4. The average Bonchev–Trinajstić information content (AvgIpc) is 2.37. The number of amides is 2. The zero-order valence-electron chi connectivity index (χ0n) is 9.96. The largest absolute Gasteiger partial charge is 0.416 e. The van der Waals surface area contributed by atoms with Crippen LogP contribution in [-0.4, -0.2) is 25.4 Å². The van der Waals surface area contributed by atoms with E-state index in [0.29, 0.717) is 25.9 Å². The van der Waals surface area contributed by atoms with E-state index in [1.807, 2.05) is 0 Å². The number of hydrogen-bond donors (Lipinski definition) is 2. The number of rotatable bonds is 6. The van der Waals surface area contributed by atoms with Crippen molar-refractivity contribution in [3.63, 3.8) is 0 Å². The molecule has 19 heavy (non-hydrogen) atoms. The summed E-state index contributed by atoms with van der Waals surface area (Å²) in [6, 6.07) is 3.98. The first-order valence-corrected chi connectivity index (χ1v) is 5.57. The lowest BCUT2D eigenvalue weighted by Crippen LogP contribution is -2.27. The Bertz CT molecular complexity index is 430. The molecule has 0 heterocycles. The van der Waals surface area contributed by atoms with Crippen molar-refractivity contribution in [1.82, 2.24) is 10.6 Å². The smallest absolute Gasteiger partial charge is 0.359 e. The molecule has 104 valence electrons. The van der Waals surface area contributed by atoms with Crippen LogP contribution in [0.15, 0.2) is 24.3 Å². The minimum Gasteiger partial charge on any atom is -0.359 e. The molecule has 0 aromatic heterocycles. The predicted molar refractivity (Wildman–Crippen MR) is 62.5 cm³/mol. The highest BCUT2D eigenvalue weighted by Crippen LogP contribution is 2.28. The van der Waals surface area contributed by atoms with Gasteiger partial charge in [0.05, 0.1) is 5.56 Å². The Balaban J connectivity index is 2.47. The van der Waals surface area contributed by atoms with E-state index < -0.39 is 17.6 Å². The minimum absolute atomic E-state index is 0.163. The maximum atomic E-state index is 12.3. The summed E-state index contributed by atoms with van der Waals surface area (Å²) in [5.41, 5.74) is -0.629. The summed E-state index contributed by atoms with van der Waals surface area (Å²) in [5.74, 6) is -0.445. The summed E-state index contributed by atoms with van der Waals surface area (Å²) in [6.07, 6.45) is -3.31. The maximum Gasteiger partial charge on any atom is 0.416 e. The second-order valence-corrected chi connectivity index (χ2v) is 3.76. The van der Waals surface area contributed by atoms with Crippen molar-refractivity contribution in [3.05, 3.63) is 35.4 Å². The van der Waals surface area contributed by atoms with E-state index in [-0.39, 0.29) is 5.56 Å². The molecular formula is C12H13F3N2O2. The summed E-state index contributed by atoms with van der Waals surface area (Å²) in [4.78, 5) is 21.5. The Morgan fingerprint density at radius 1 is 1.16 bits per heavy atom. The van der Waals surface area contributed by atoms with Gasteiger partial charge in [0.25, 0.3) is 5.91 Å². The average molecular weight is 274 g/mol. The zero-order chi connectivity index (χ0) is 14.3. The van der Waals surface area contributed by atoms with Crippen LogP contribution in [0.2, 0.25) is 0 Å². The molecule has 1 aromatic rings. The van der Waals surface area contributed by atoms with Gasteiger partial charge in [-0.3, -0.25) is 9.59 Å². The van der Waals surface area contributed by atoms with Crippen molar-refractivity contribution in [2.24, 2.45) is 0 Å². The molecule has 0 bridgehead atoms. The van der Waals surface area contributed by atoms with Crippen molar-refractivity contribution in [1.29, 1.82) is 0 Å². The van der Waals surface area contributed by atoms with Gasteiger partial charge in [-0.2, -0.15) is 13.2 Å². The van der Waals surface area contributed by atoms with Crippen molar-refractivity contribution in [3.8, 4) is 0 Å². The van der Waals surface area contributed by atoms with Crippen molar-refractivity contribution in [2.45, 2.75) is 12.6 Å². The SMILES string of the molecule is O=CNCCCNC(=O)c1ccc(C(F)(F)F)cc1. The first kappa shape index (κ1) is 15.0. The van der Waals surface area contributed by atoms with Crippen LogP contribution in [0.5, 0.6) is 0 Å². The molecule has 0 atom stereocenters. The zero-order valence-corrected chi connectivity index (χ0v) is 9.96. The molecule has 0 radical (unpaired) electrons. The van der Waals surface area contributed by atoms with Gasteiger partial charge >= 0.3 is 6.18 Å². The molecule has 0 aliphatic rings. The molecule has 0 saturated carbocycles. The molecule has 0 saturated heterocycles. The van der Waals surface area contributed by atoms with Crippen molar-refractivity contribution >= 4 is 12.3 Å². The van der Waals surface area contributed by atoms with Crippen LogP contribution in [0, 0.1) is 0 Å². The lowest BCUT2D eigenvalue weighted by molar-refractivity contribution is -0.137. The molecule has 2 N–H and O–H groups in total. The number of halogens is 3. The fraction of sp³-hybridized carbons (Fsp3) is 0.333. The van der Waals surface area contributed by atoms with Gasteiger partial charge in [0.1, 0.15) is 0 Å². The van der Waals surface area contributed by atoms with E-state index in [0.717, 1.165) is 24.3 Å². The van der Waals surface area contributed by atoms with Crippen LogP contribution in [-0.2, 0) is 11.0 Å². The monoisotopic (exact) mass is 274 g/mol. The molecule has 2 amide bonds. The van der Waals surface area contributed by atoms with Gasteiger partial charge < -0.3 is 10.6 Å². The molecule has 4 nitrogen and oxygen atoms in total. The van der Waals surface area contributed by atoms with Crippen LogP contribution in [0.1, 0.15) is 22.3 Å². The van der Waals surface area contributed by atoms with Gasteiger partial charge in [-0.15, -0.1) is 0 Å². The van der Waals surface area contributed by atoms with Crippen LogP contribution in [0.3, 0.4) is 0 Å². The first-order chi connectivity index (χ1) is 8.95. The van der Waals surface area contributed by atoms with Crippen molar-refractivity contribution < 1.29 is 22.8 Å². The maximum absolute atomic E-state index is 12.3. The Morgan fingerprint density at radius 2 is 1.79 bits per heavy atom. The Kier molecular flexibility index (Phi) is 5.35. The van der Waals surface area contributed by atoms with Gasteiger partial charge in [0.15, 0.2) is 0 Å². The Morgan fingerprint density at radius 3 is 2.32 bits per heavy atom. The summed E-state index contributed by atoms with van der Waals surface area (Å²) >= 11 is 0. The van der Waals surface area contributed by atoms with E-state index in [1.165, 1.54) is 0 Å². The van der Waals surface area contributed by atoms with Crippen molar-refractivity contribution in [2.75, 3.05) is 13.1 Å². The fourth-order valence-electron chi connectivity index (χ4n) is 1.36. The summed E-state index contributed by atoms with van der Waals surface area (Å²) in [7, 11) is 0. The number of carbonyl (C=O) groups is 2. The molecule has 0 aliphatic carbocycles. The topological polar surface area (TPSA) is 58.2 Å². The fourth-order valence-corrected chi connectivity index (χ4v) is 1.36. The Hall–Kier alpha value is -2.05. The molecule has 0 aliphatic heterocycles. The predicted octanol–water partition coefficient (Wildman–Crippen LogP) is 1.57. The number of benzene rings is 1. The lowest BCUT2D eigenvalue weighted by atomic mass is 10.1. The summed E-state index contributed by atoms with van der Waals surface area (Å²) in [5, 5.41) is 4.97. The molecule has 0 spiro atoms. The lowest BCUT2D eigenvalue weighted by Gasteiger charge is -2.08. The van der Waals surface area contributed by atoms with E-state index in [9.17, 15) is 22.8 Å². The third kappa shape index (κ3) is 4.99. The molecule has 1 rings (SSSR count). The van der Waals surface area contributed by atoms with E-state index in [4.69, 9.17) is 0 Å². The number of nitrogens with one attached hydrogen (secondary N) is 2. The standard InChI is InChI=1S/C12H13F3N2O2/c13-12(14,15)10-4-2-9(3-5-10)11(19)17-7-1-6-16-8-18/h2-5,8H,1,6-7H2,(H,16,18)(H,17,19). The molecular weight excluding hydrogens is 261 g/mol. The highest BCUT2D eigenvalue weighted by Gasteiger charge is 2.30. The second-order valence-electron chi connectivity index (χ2n) is 3.76. The normalized spacial score (nSPS) is 10.9. The summed E-state index contributed by atoms with van der Waals surface area (Å²) < 4.78 is 36.9. The quantitative estimate of drug-likeness (QED) is 0.611. The number of alkyl halides is 3. The van der Waals surface area contributed by atoms with Crippen LogP contribution in [0.4, 0.5) is 13.2 Å². The molecule has 1 aromatic carbocycles.